The summed E-state index contributed by atoms with van der Waals surface area (Å²) < 4.78 is 2.02. The number of rotatable bonds is 6. The van der Waals surface area contributed by atoms with Crippen LogP contribution in [0.1, 0.15) is 28.8 Å². The highest BCUT2D eigenvalue weighted by molar-refractivity contribution is 5.94. The molecule has 0 saturated heterocycles. The number of hydrogen-bond donors (Lipinski definition) is 1. The summed E-state index contributed by atoms with van der Waals surface area (Å²) >= 11 is 0. The van der Waals surface area contributed by atoms with Crippen LogP contribution in [-0.2, 0) is 6.54 Å². The van der Waals surface area contributed by atoms with Crippen LogP contribution in [0.5, 0.6) is 0 Å². The van der Waals surface area contributed by atoms with Gasteiger partial charge in [-0.1, -0.05) is 0 Å². The summed E-state index contributed by atoms with van der Waals surface area (Å²) in [5, 5.41) is 11.6. The van der Waals surface area contributed by atoms with Crippen molar-refractivity contribution in [2.24, 2.45) is 0 Å². The fourth-order valence-corrected chi connectivity index (χ4v) is 1.84. The van der Waals surface area contributed by atoms with E-state index in [1.807, 2.05) is 16.8 Å². The van der Waals surface area contributed by atoms with Crippen molar-refractivity contribution in [1.82, 2.24) is 14.9 Å². The topological polar surface area (TPSA) is 70.7 Å². The quantitative estimate of drug-likeness (QED) is 0.814. The minimum Gasteiger partial charge on any atom is -0.352 e. The van der Waals surface area contributed by atoms with Crippen LogP contribution in [-0.4, -0.2) is 22.0 Å². The number of unbranched alkanes of at least 4 members (excludes halogenated alkanes) is 1. The second-order valence-electron chi connectivity index (χ2n) is 4.45. The average molecular weight is 268 g/mol. The largest absolute Gasteiger partial charge is 0.352 e. The standard InChI is InChI=1S/C15H16N4O/c16-11-13-3-5-14(6-4-13)15(20)18-7-1-2-9-19-10-8-17-12-19/h3-6,8,10,12H,1-2,7,9H2,(H,18,20). The van der Waals surface area contributed by atoms with Crippen molar-refractivity contribution < 1.29 is 4.79 Å². The van der Waals surface area contributed by atoms with E-state index in [1.54, 1.807) is 36.8 Å². The van der Waals surface area contributed by atoms with Gasteiger partial charge in [-0.2, -0.15) is 5.26 Å². The van der Waals surface area contributed by atoms with E-state index >= 15 is 0 Å². The maximum absolute atomic E-state index is 11.8. The molecule has 1 N–H and O–H groups in total. The number of carbonyl (C=O) groups is 1. The lowest BCUT2D eigenvalue weighted by atomic mass is 10.1. The van der Waals surface area contributed by atoms with Crippen molar-refractivity contribution in [3.63, 3.8) is 0 Å². The summed E-state index contributed by atoms with van der Waals surface area (Å²) in [7, 11) is 0. The molecule has 102 valence electrons. The van der Waals surface area contributed by atoms with Crippen LogP contribution >= 0.6 is 0 Å². The summed E-state index contributed by atoms with van der Waals surface area (Å²) in [6.45, 7) is 1.56. The van der Waals surface area contributed by atoms with Crippen molar-refractivity contribution in [3.8, 4) is 6.07 Å². The van der Waals surface area contributed by atoms with Gasteiger partial charge in [-0.15, -0.1) is 0 Å². The molecule has 0 unspecified atom stereocenters. The highest BCUT2D eigenvalue weighted by atomic mass is 16.1. The van der Waals surface area contributed by atoms with E-state index in [0.29, 0.717) is 17.7 Å². The SMILES string of the molecule is N#Cc1ccc(C(=O)NCCCCn2ccnc2)cc1. The molecule has 2 aromatic rings. The minimum atomic E-state index is -0.0999. The Hall–Kier alpha value is -2.61. The van der Waals surface area contributed by atoms with Crippen molar-refractivity contribution >= 4 is 5.91 Å². The lowest BCUT2D eigenvalue weighted by molar-refractivity contribution is 0.0953. The molecular weight excluding hydrogens is 252 g/mol. The number of nitriles is 1. The first-order valence-corrected chi connectivity index (χ1v) is 6.54. The van der Waals surface area contributed by atoms with Gasteiger partial charge in [0.25, 0.3) is 5.91 Å². The van der Waals surface area contributed by atoms with E-state index in [0.717, 1.165) is 19.4 Å². The van der Waals surface area contributed by atoms with Crippen molar-refractivity contribution in [2.45, 2.75) is 19.4 Å². The number of aryl methyl sites for hydroxylation is 1. The first kappa shape index (κ1) is 13.8. The Morgan fingerprint density at radius 3 is 2.75 bits per heavy atom. The fraction of sp³-hybridized carbons (Fsp3) is 0.267. The molecule has 0 aliphatic heterocycles. The first-order valence-electron chi connectivity index (χ1n) is 6.54. The zero-order valence-corrected chi connectivity index (χ0v) is 11.1. The van der Waals surface area contributed by atoms with Gasteiger partial charge < -0.3 is 9.88 Å². The van der Waals surface area contributed by atoms with E-state index < -0.39 is 0 Å². The number of carbonyl (C=O) groups excluding carboxylic acids is 1. The first-order chi connectivity index (χ1) is 9.79. The highest BCUT2D eigenvalue weighted by Gasteiger charge is 2.04. The van der Waals surface area contributed by atoms with Crippen molar-refractivity contribution in [1.29, 1.82) is 5.26 Å². The van der Waals surface area contributed by atoms with E-state index in [2.05, 4.69) is 10.3 Å². The van der Waals surface area contributed by atoms with Gasteiger partial charge >= 0.3 is 0 Å². The van der Waals surface area contributed by atoms with Crippen LogP contribution in [0.4, 0.5) is 0 Å². The Morgan fingerprint density at radius 1 is 1.30 bits per heavy atom. The number of benzene rings is 1. The van der Waals surface area contributed by atoms with E-state index in [4.69, 9.17) is 5.26 Å². The van der Waals surface area contributed by atoms with Crippen molar-refractivity contribution in [2.75, 3.05) is 6.54 Å². The molecule has 2 rings (SSSR count). The number of nitrogens with zero attached hydrogens (tertiary/aromatic N) is 3. The molecule has 1 aromatic carbocycles. The van der Waals surface area contributed by atoms with Crippen LogP contribution in [0.3, 0.4) is 0 Å². The molecule has 20 heavy (non-hydrogen) atoms. The molecule has 0 spiro atoms. The average Bonchev–Trinajstić information content (AvgIpc) is 3.00. The number of amides is 1. The molecule has 1 heterocycles. The second-order valence-corrected chi connectivity index (χ2v) is 4.45. The van der Waals surface area contributed by atoms with Crippen LogP contribution in [0, 0.1) is 11.3 Å². The Labute approximate surface area is 117 Å². The van der Waals surface area contributed by atoms with E-state index in [1.165, 1.54) is 0 Å². The lowest BCUT2D eigenvalue weighted by Crippen LogP contribution is -2.24. The molecule has 5 heteroatoms. The third kappa shape index (κ3) is 3.95. The maximum atomic E-state index is 11.8. The van der Waals surface area contributed by atoms with Crippen molar-refractivity contribution in [3.05, 3.63) is 54.1 Å². The molecule has 0 atom stereocenters. The van der Waals surface area contributed by atoms with Gasteiger partial charge in [0.2, 0.25) is 0 Å². The summed E-state index contributed by atoms with van der Waals surface area (Å²) in [4.78, 5) is 15.8. The summed E-state index contributed by atoms with van der Waals surface area (Å²) in [6, 6.07) is 8.65. The molecule has 5 nitrogen and oxygen atoms in total. The lowest BCUT2D eigenvalue weighted by Gasteiger charge is -2.05. The minimum absolute atomic E-state index is 0.0999. The Bertz CT molecular complexity index is 581. The van der Waals surface area contributed by atoms with Gasteiger partial charge in [0.15, 0.2) is 0 Å². The van der Waals surface area contributed by atoms with E-state index in [9.17, 15) is 4.79 Å². The molecule has 0 aliphatic carbocycles. The molecular formula is C15H16N4O. The monoisotopic (exact) mass is 268 g/mol. The normalized spacial score (nSPS) is 9.95. The van der Waals surface area contributed by atoms with Gasteiger partial charge in [-0.25, -0.2) is 4.98 Å². The van der Waals surface area contributed by atoms with E-state index in [-0.39, 0.29) is 5.91 Å². The van der Waals surface area contributed by atoms with Crippen LogP contribution in [0.2, 0.25) is 0 Å². The number of imidazole rings is 1. The van der Waals surface area contributed by atoms with Gasteiger partial charge in [0.1, 0.15) is 0 Å². The fourth-order valence-electron chi connectivity index (χ4n) is 1.84. The third-order valence-electron chi connectivity index (χ3n) is 2.96. The zero-order chi connectivity index (χ0) is 14.2. The second kappa shape index (κ2) is 7.10. The Morgan fingerprint density at radius 2 is 2.10 bits per heavy atom. The summed E-state index contributed by atoms with van der Waals surface area (Å²) in [5.74, 6) is -0.0999. The smallest absolute Gasteiger partial charge is 0.251 e. The molecule has 0 fully saturated rings. The molecule has 0 radical (unpaired) electrons. The maximum Gasteiger partial charge on any atom is 0.251 e. The molecule has 1 aromatic heterocycles. The van der Waals surface area contributed by atoms with Crippen LogP contribution in [0.15, 0.2) is 43.0 Å². The van der Waals surface area contributed by atoms with Gasteiger partial charge in [-0.3, -0.25) is 4.79 Å². The summed E-state index contributed by atoms with van der Waals surface area (Å²) in [5.41, 5.74) is 1.14. The Balaban J connectivity index is 1.68. The van der Waals surface area contributed by atoms with Gasteiger partial charge in [0, 0.05) is 31.0 Å². The number of nitrogens with one attached hydrogen (secondary N) is 1. The van der Waals surface area contributed by atoms with Gasteiger partial charge in [-0.05, 0) is 37.1 Å². The zero-order valence-electron chi connectivity index (χ0n) is 11.1. The summed E-state index contributed by atoms with van der Waals surface area (Å²) in [6.07, 6.45) is 7.38. The van der Waals surface area contributed by atoms with Crippen LogP contribution < -0.4 is 5.32 Å². The molecule has 0 saturated carbocycles. The third-order valence-corrected chi connectivity index (χ3v) is 2.96. The van der Waals surface area contributed by atoms with Gasteiger partial charge in [0.05, 0.1) is 18.0 Å². The predicted molar refractivity (Wildman–Crippen MR) is 75.0 cm³/mol. The predicted octanol–water partition coefficient (Wildman–Crippen LogP) is 1.96. The molecule has 0 bridgehead atoms. The number of aromatic nitrogens is 2. The molecule has 0 aliphatic rings. The van der Waals surface area contributed by atoms with Crippen LogP contribution in [0.25, 0.3) is 0 Å². The highest BCUT2D eigenvalue weighted by Crippen LogP contribution is 2.03. The Kier molecular flexibility index (Phi) is 4.90. The number of hydrogen-bond acceptors (Lipinski definition) is 3. The molecule has 1 amide bonds.